The van der Waals surface area contributed by atoms with Crippen molar-refractivity contribution >= 4 is 28.2 Å². The molecule has 0 saturated heterocycles. The fraction of sp³-hybridized carbons (Fsp3) is 0.294. The van der Waals surface area contributed by atoms with Crippen molar-refractivity contribution < 1.29 is 14.3 Å². The molecular weight excluding hydrogens is 312 g/mol. The van der Waals surface area contributed by atoms with Gasteiger partial charge in [0.25, 0.3) is 0 Å². The van der Waals surface area contributed by atoms with E-state index in [4.69, 9.17) is 9.47 Å². The van der Waals surface area contributed by atoms with Gasteiger partial charge in [-0.25, -0.2) is 9.78 Å². The Morgan fingerprint density at radius 3 is 2.87 bits per heavy atom. The summed E-state index contributed by atoms with van der Waals surface area (Å²) in [6.45, 7) is 2.54. The van der Waals surface area contributed by atoms with Crippen molar-refractivity contribution in [3.05, 3.63) is 52.1 Å². The molecule has 120 valence electrons. The molecule has 0 fully saturated rings. The minimum atomic E-state index is -0.453. The number of benzene rings is 1. The zero-order valence-corrected chi connectivity index (χ0v) is 14.1. The SMILES string of the molecule is COCC(C)(c1nc(C(=O)OC)cs1)c1c[nH]c2ccccc12. The summed E-state index contributed by atoms with van der Waals surface area (Å²) in [5.74, 6) is -0.425. The Morgan fingerprint density at radius 2 is 2.13 bits per heavy atom. The van der Waals surface area contributed by atoms with E-state index in [-0.39, 0.29) is 0 Å². The second-order valence-electron chi connectivity index (χ2n) is 5.54. The lowest BCUT2D eigenvalue weighted by Crippen LogP contribution is -2.29. The quantitative estimate of drug-likeness (QED) is 0.729. The number of para-hydroxylation sites is 1. The molecule has 0 aliphatic heterocycles. The monoisotopic (exact) mass is 330 g/mol. The highest BCUT2D eigenvalue weighted by Crippen LogP contribution is 2.38. The summed E-state index contributed by atoms with van der Waals surface area (Å²) in [4.78, 5) is 19.5. The lowest BCUT2D eigenvalue weighted by atomic mass is 9.83. The topological polar surface area (TPSA) is 64.2 Å². The number of rotatable bonds is 5. The molecule has 3 rings (SSSR count). The number of hydrogen-bond donors (Lipinski definition) is 1. The third-order valence-corrected chi connectivity index (χ3v) is 5.09. The molecule has 1 aromatic carbocycles. The number of hydrogen-bond acceptors (Lipinski definition) is 5. The molecular formula is C17H18N2O3S. The first-order chi connectivity index (χ1) is 11.1. The van der Waals surface area contributed by atoms with Gasteiger partial charge < -0.3 is 14.5 Å². The Labute approximate surface area is 138 Å². The lowest BCUT2D eigenvalue weighted by Gasteiger charge is -2.26. The predicted octanol–water partition coefficient (Wildman–Crippen LogP) is 3.36. The number of esters is 1. The summed E-state index contributed by atoms with van der Waals surface area (Å²) >= 11 is 1.44. The van der Waals surface area contributed by atoms with Crippen molar-refractivity contribution in [1.82, 2.24) is 9.97 Å². The van der Waals surface area contributed by atoms with Crippen molar-refractivity contribution in [2.45, 2.75) is 12.3 Å². The number of nitrogens with zero attached hydrogens (tertiary/aromatic N) is 1. The maximum absolute atomic E-state index is 11.7. The number of thiazole rings is 1. The molecule has 2 heterocycles. The molecule has 2 aromatic heterocycles. The third kappa shape index (κ3) is 2.64. The summed E-state index contributed by atoms with van der Waals surface area (Å²) in [5.41, 5.74) is 2.04. The van der Waals surface area contributed by atoms with E-state index in [1.165, 1.54) is 18.4 Å². The molecule has 1 N–H and O–H groups in total. The van der Waals surface area contributed by atoms with E-state index < -0.39 is 11.4 Å². The van der Waals surface area contributed by atoms with E-state index in [0.717, 1.165) is 21.5 Å². The normalized spacial score (nSPS) is 13.9. The van der Waals surface area contributed by atoms with Gasteiger partial charge in [-0.3, -0.25) is 0 Å². The van der Waals surface area contributed by atoms with E-state index in [1.807, 2.05) is 24.4 Å². The van der Waals surface area contributed by atoms with Crippen molar-refractivity contribution in [3.63, 3.8) is 0 Å². The average molecular weight is 330 g/mol. The van der Waals surface area contributed by atoms with Crippen LogP contribution in [0, 0.1) is 0 Å². The number of ether oxygens (including phenoxy) is 2. The van der Waals surface area contributed by atoms with Crippen molar-refractivity contribution in [1.29, 1.82) is 0 Å². The number of carbonyl (C=O) groups is 1. The second-order valence-corrected chi connectivity index (χ2v) is 6.40. The summed E-state index contributed by atoms with van der Waals surface area (Å²) in [6, 6.07) is 8.11. The van der Waals surface area contributed by atoms with Crippen LogP contribution in [0.4, 0.5) is 0 Å². The first-order valence-electron chi connectivity index (χ1n) is 7.20. The van der Waals surface area contributed by atoms with Crippen LogP contribution in [-0.2, 0) is 14.9 Å². The van der Waals surface area contributed by atoms with Crippen molar-refractivity contribution in [2.75, 3.05) is 20.8 Å². The predicted molar refractivity (Wildman–Crippen MR) is 90.1 cm³/mol. The number of aromatic amines is 1. The molecule has 0 aliphatic carbocycles. The highest BCUT2D eigenvalue weighted by atomic mass is 32.1. The fourth-order valence-corrected chi connectivity index (χ4v) is 3.75. The van der Waals surface area contributed by atoms with Crippen LogP contribution in [-0.4, -0.2) is 36.8 Å². The van der Waals surface area contributed by atoms with E-state index in [1.54, 1.807) is 12.5 Å². The molecule has 23 heavy (non-hydrogen) atoms. The lowest BCUT2D eigenvalue weighted by molar-refractivity contribution is 0.0594. The molecule has 0 aliphatic rings. The van der Waals surface area contributed by atoms with Crippen molar-refractivity contribution in [3.8, 4) is 0 Å². The van der Waals surface area contributed by atoms with Gasteiger partial charge in [0.1, 0.15) is 5.01 Å². The highest BCUT2D eigenvalue weighted by Gasteiger charge is 2.35. The maximum Gasteiger partial charge on any atom is 0.357 e. The van der Waals surface area contributed by atoms with Gasteiger partial charge in [-0.1, -0.05) is 18.2 Å². The van der Waals surface area contributed by atoms with Crippen LogP contribution in [0.3, 0.4) is 0 Å². The van der Waals surface area contributed by atoms with E-state index in [9.17, 15) is 4.79 Å². The number of H-pyrrole nitrogens is 1. The summed E-state index contributed by atoms with van der Waals surface area (Å²) in [6.07, 6.45) is 1.99. The van der Waals surface area contributed by atoms with E-state index >= 15 is 0 Å². The first-order valence-corrected chi connectivity index (χ1v) is 8.08. The standard InChI is InChI=1S/C17H18N2O3S/c1-17(10-21-2,16-19-14(9-23-16)15(20)22-3)12-8-18-13-7-5-4-6-11(12)13/h4-9,18H,10H2,1-3H3. The molecule has 1 unspecified atom stereocenters. The van der Waals surface area contributed by atoms with Crippen LogP contribution in [0.25, 0.3) is 10.9 Å². The van der Waals surface area contributed by atoms with Gasteiger partial charge in [0, 0.05) is 29.6 Å². The Balaban J connectivity index is 2.12. The summed E-state index contributed by atoms with van der Waals surface area (Å²) in [7, 11) is 3.03. The zero-order valence-electron chi connectivity index (χ0n) is 13.3. The zero-order chi connectivity index (χ0) is 16.4. The van der Waals surface area contributed by atoms with Gasteiger partial charge >= 0.3 is 5.97 Å². The Morgan fingerprint density at radius 1 is 1.35 bits per heavy atom. The Kier molecular flexibility index (Phi) is 4.19. The van der Waals surface area contributed by atoms with E-state index in [2.05, 4.69) is 23.0 Å². The van der Waals surface area contributed by atoms with Gasteiger partial charge in [0.2, 0.25) is 0 Å². The molecule has 1 atom stereocenters. The summed E-state index contributed by atoms with van der Waals surface area (Å²) in [5, 5.41) is 3.68. The van der Waals surface area contributed by atoms with Gasteiger partial charge in [-0.2, -0.15) is 0 Å². The van der Waals surface area contributed by atoms with Gasteiger partial charge in [-0.05, 0) is 18.6 Å². The molecule has 0 amide bonds. The van der Waals surface area contributed by atoms with Crippen LogP contribution in [0.1, 0.15) is 28.0 Å². The van der Waals surface area contributed by atoms with Crippen LogP contribution in [0.2, 0.25) is 0 Å². The minimum absolute atomic E-state index is 0.328. The molecule has 3 aromatic rings. The number of aromatic nitrogens is 2. The Bertz CT molecular complexity index is 839. The van der Waals surface area contributed by atoms with Crippen LogP contribution in [0.5, 0.6) is 0 Å². The fourth-order valence-electron chi connectivity index (χ4n) is 2.80. The maximum atomic E-state index is 11.7. The number of nitrogens with one attached hydrogen (secondary N) is 1. The molecule has 0 spiro atoms. The molecule has 6 heteroatoms. The van der Waals surface area contributed by atoms with Gasteiger partial charge in [-0.15, -0.1) is 11.3 Å². The Hall–Kier alpha value is -2.18. The molecule has 0 saturated carbocycles. The number of carbonyl (C=O) groups excluding carboxylic acids is 1. The molecule has 0 radical (unpaired) electrons. The largest absolute Gasteiger partial charge is 0.464 e. The molecule has 0 bridgehead atoms. The second kappa shape index (κ2) is 6.14. The third-order valence-electron chi connectivity index (χ3n) is 3.99. The van der Waals surface area contributed by atoms with Crippen LogP contribution in [0.15, 0.2) is 35.8 Å². The smallest absolute Gasteiger partial charge is 0.357 e. The van der Waals surface area contributed by atoms with Gasteiger partial charge in [0.15, 0.2) is 5.69 Å². The number of fused-ring (bicyclic) bond motifs is 1. The van der Waals surface area contributed by atoms with Gasteiger partial charge in [0.05, 0.1) is 19.1 Å². The first kappa shape index (κ1) is 15.7. The van der Waals surface area contributed by atoms with Crippen molar-refractivity contribution in [2.24, 2.45) is 0 Å². The van der Waals surface area contributed by atoms with Crippen LogP contribution < -0.4 is 0 Å². The average Bonchev–Trinajstić information content (AvgIpc) is 3.21. The van der Waals surface area contributed by atoms with E-state index in [0.29, 0.717) is 12.3 Å². The molecule has 5 nitrogen and oxygen atoms in total. The number of methoxy groups -OCH3 is 2. The van der Waals surface area contributed by atoms with Crippen LogP contribution >= 0.6 is 11.3 Å². The summed E-state index contributed by atoms with van der Waals surface area (Å²) < 4.78 is 10.2. The minimum Gasteiger partial charge on any atom is -0.464 e. The highest BCUT2D eigenvalue weighted by molar-refractivity contribution is 7.10.